The van der Waals surface area contributed by atoms with Crippen LogP contribution in [0.5, 0.6) is 0 Å². The van der Waals surface area contributed by atoms with Crippen molar-refractivity contribution in [3.63, 3.8) is 0 Å². The molecule has 1 aliphatic rings. The van der Waals surface area contributed by atoms with Crippen molar-refractivity contribution in [2.45, 2.75) is 46.1 Å². The second kappa shape index (κ2) is 7.17. The van der Waals surface area contributed by atoms with Crippen LogP contribution >= 0.6 is 0 Å². The van der Waals surface area contributed by atoms with Gasteiger partial charge in [-0.25, -0.2) is 4.39 Å². The van der Waals surface area contributed by atoms with Gasteiger partial charge in [0.1, 0.15) is 12.4 Å². The zero-order valence-electron chi connectivity index (χ0n) is 13.1. The van der Waals surface area contributed by atoms with E-state index < -0.39 is 5.82 Å². The molecule has 3 atom stereocenters. The highest BCUT2D eigenvalue weighted by Crippen LogP contribution is 2.35. The van der Waals surface area contributed by atoms with Crippen molar-refractivity contribution < 1.29 is 13.9 Å². The Morgan fingerprint density at radius 1 is 1.33 bits per heavy atom. The van der Waals surface area contributed by atoms with Crippen LogP contribution < -0.4 is 0 Å². The fourth-order valence-electron chi connectivity index (χ4n) is 3.25. The molecule has 2 nitrogen and oxygen atoms in total. The van der Waals surface area contributed by atoms with E-state index in [1.54, 1.807) is 12.1 Å². The topological polar surface area (TPSA) is 26.3 Å². The molecule has 2 rings (SSSR count). The number of hydrogen-bond acceptors (Lipinski definition) is 2. The van der Waals surface area contributed by atoms with Crippen LogP contribution in [0.25, 0.3) is 0 Å². The van der Waals surface area contributed by atoms with Gasteiger partial charge in [-0.05, 0) is 42.7 Å². The Kier molecular flexibility index (Phi) is 5.51. The summed E-state index contributed by atoms with van der Waals surface area (Å²) in [6.45, 7) is 6.61. The smallest absolute Gasteiger partial charge is 0.191 e. The molecule has 1 fully saturated rings. The standard InChI is InChI=1S/C18H25FO2/c1-12(2)14-9-8-13(3)10-18(14)21-11-17(20)15-6-4-5-7-16(15)19/h4-7,12-14,18H,8-11H2,1-3H3. The van der Waals surface area contributed by atoms with E-state index in [4.69, 9.17) is 4.74 Å². The van der Waals surface area contributed by atoms with Gasteiger partial charge in [-0.2, -0.15) is 0 Å². The number of halogens is 1. The molecule has 3 heteroatoms. The molecule has 0 bridgehead atoms. The fraction of sp³-hybridized carbons (Fsp3) is 0.611. The van der Waals surface area contributed by atoms with Gasteiger partial charge in [0.25, 0.3) is 0 Å². The van der Waals surface area contributed by atoms with Gasteiger partial charge in [0.2, 0.25) is 0 Å². The summed E-state index contributed by atoms with van der Waals surface area (Å²) in [7, 11) is 0. The highest BCUT2D eigenvalue weighted by Gasteiger charge is 2.31. The maximum atomic E-state index is 13.6. The van der Waals surface area contributed by atoms with E-state index in [1.807, 2.05) is 0 Å². The van der Waals surface area contributed by atoms with Gasteiger partial charge >= 0.3 is 0 Å². The first-order valence-corrected chi connectivity index (χ1v) is 7.88. The largest absolute Gasteiger partial charge is 0.370 e. The van der Waals surface area contributed by atoms with Crippen molar-refractivity contribution in [3.05, 3.63) is 35.6 Å². The van der Waals surface area contributed by atoms with E-state index in [9.17, 15) is 9.18 Å². The molecule has 0 N–H and O–H groups in total. The molecule has 0 aromatic heterocycles. The molecule has 1 aromatic rings. The number of rotatable bonds is 5. The molecule has 0 saturated heterocycles. The van der Waals surface area contributed by atoms with Gasteiger partial charge in [-0.15, -0.1) is 0 Å². The minimum absolute atomic E-state index is 0.0263. The Labute approximate surface area is 126 Å². The normalized spacial score (nSPS) is 26.0. The summed E-state index contributed by atoms with van der Waals surface area (Å²) in [6.07, 6.45) is 3.49. The van der Waals surface area contributed by atoms with Crippen LogP contribution in [0.4, 0.5) is 4.39 Å². The Morgan fingerprint density at radius 2 is 2.05 bits per heavy atom. The number of ketones is 1. The molecule has 0 radical (unpaired) electrons. The average molecular weight is 292 g/mol. The van der Waals surface area contributed by atoms with E-state index >= 15 is 0 Å². The first-order valence-electron chi connectivity index (χ1n) is 7.88. The minimum Gasteiger partial charge on any atom is -0.370 e. The van der Waals surface area contributed by atoms with E-state index in [1.165, 1.54) is 18.6 Å². The van der Waals surface area contributed by atoms with E-state index in [-0.39, 0.29) is 24.1 Å². The molecule has 116 valence electrons. The van der Waals surface area contributed by atoms with Crippen molar-refractivity contribution in [3.8, 4) is 0 Å². The van der Waals surface area contributed by atoms with E-state index in [2.05, 4.69) is 20.8 Å². The Balaban J connectivity index is 1.97. The zero-order chi connectivity index (χ0) is 15.4. The molecule has 1 aromatic carbocycles. The lowest BCUT2D eigenvalue weighted by Crippen LogP contribution is -2.35. The van der Waals surface area contributed by atoms with Crippen LogP contribution in [0.1, 0.15) is 50.4 Å². The molecule has 21 heavy (non-hydrogen) atoms. The molecular formula is C18H25FO2. The van der Waals surface area contributed by atoms with E-state index in [0.29, 0.717) is 17.8 Å². The Hall–Kier alpha value is -1.22. The monoisotopic (exact) mass is 292 g/mol. The van der Waals surface area contributed by atoms with Gasteiger partial charge in [0.05, 0.1) is 11.7 Å². The second-order valence-electron chi connectivity index (χ2n) is 6.58. The van der Waals surface area contributed by atoms with Crippen LogP contribution in [0.15, 0.2) is 24.3 Å². The maximum absolute atomic E-state index is 13.6. The molecule has 0 amide bonds. The lowest BCUT2D eigenvalue weighted by atomic mass is 9.75. The van der Waals surface area contributed by atoms with Crippen molar-refractivity contribution in [2.24, 2.45) is 17.8 Å². The van der Waals surface area contributed by atoms with Gasteiger partial charge in [-0.1, -0.05) is 39.3 Å². The first-order chi connectivity index (χ1) is 9.99. The third kappa shape index (κ3) is 4.13. The third-order valence-corrected chi connectivity index (χ3v) is 4.56. The molecule has 0 aliphatic heterocycles. The third-order valence-electron chi connectivity index (χ3n) is 4.56. The quantitative estimate of drug-likeness (QED) is 0.748. The first kappa shape index (κ1) is 16.2. The summed E-state index contributed by atoms with van der Waals surface area (Å²) >= 11 is 0. The summed E-state index contributed by atoms with van der Waals surface area (Å²) in [5, 5.41) is 0. The minimum atomic E-state index is -0.469. The van der Waals surface area contributed by atoms with Crippen molar-refractivity contribution in [1.29, 1.82) is 0 Å². The highest BCUT2D eigenvalue weighted by atomic mass is 19.1. The van der Waals surface area contributed by atoms with Crippen LogP contribution in [0, 0.1) is 23.6 Å². The number of carbonyl (C=O) groups is 1. The summed E-state index contributed by atoms with van der Waals surface area (Å²) in [5.74, 6) is 0.937. The summed E-state index contributed by atoms with van der Waals surface area (Å²) in [5.41, 5.74) is 0.127. The number of ether oxygens (including phenoxy) is 1. The lowest BCUT2D eigenvalue weighted by Gasteiger charge is -2.37. The summed E-state index contributed by atoms with van der Waals surface area (Å²) in [4.78, 5) is 12.1. The SMILES string of the molecule is CC1CCC(C(C)C)C(OCC(=O)c2ccccc2F)C1. The van der Waals surface area contributed by atoms with E-state index in [0.717, 1.165) is 12.8 Å². The van der Waals surface area contributed by atoms with Crippen molar-refractivity contribution in [1.82, 2.24) is 0 Å². The van der Waals surface area contributed by atoms with Gasteiger partial charge in [-0.3, -0.25) is 4.79 Å². The van der Waals surface area contributed by atoms with Gasteiger partial charge in [0, 0.05) is 0 Å². The van der Waals surface area contributed by atoms with Gasteiger partial charge < -0.3 is 4.74 Å². The lowest BCUT2D eigenvalue weighted by molar-refractivity contribution is -0.0310. The molecule has 0 heterocycles. The van der Waals surface area contributed by atoms with Crippen molar-refractivity contribution >= 4 is 5.78 Å². The zero-order valence-corrected chi connectivity index (χ0v) is 13.1. The second-order valence-corrected chi connectivity index (χ2v) is 6.58. The maximum Gasteiger partial charge on any atom is 0.191 e. The molecular weight excluding hydrogens is 267 g/mol. The predicted molar refractivity (Wildman–Crippen MR) is 81.8 cm³/mol. The van der Waals surface area contributed by atoms with Crippen LogP contribution in [0.2, 0.25) is 0 Å². The Morgan fingerprint density at radius 3 is 2.71 bits per heavy atom. The fourth-order valence-corrected chi connectivity index (χ4v) is 3.25. The molecule has 1 saturated carbocycles. The van der Waals surface area contributed by atoms with Crippen LogP contribution in [0.3, 0.4) is 0 Å². The summed E-state index contributed by atoms with van der Waals surface area (Å²) < 4.78 is 19.5. The number of benzene rings is 1. The van der Waals surface area contributed by atoms with Crippen LogP contribution in [-0.2, 0) is 4.74 Å². The predicted octanol–water partition coefficient (Wildman–Crippen LogP) is 4.49. The molecule has 3 unspecified atom stereocenters. The Bertz CT molecular complexity index is 484. The molecule has 1 aliphatic carbocycles. The van der Waals surface area contributed by atoms with Gasteiger partial charge in [0.15, 0.2) is 5.78 Å². The molecule has 0 spiro atoms. The average Bonchev–Trinajstić information content (AvgIpc) is 2.45. The summed E-state index contributed by atoms with van der Waals surface area (Å²) in [6, 6.07) is 6.10. The highest BCUT2D eigenvalue weighted by molar-refractivity contribution is 5.97. The number of Topliss-reactive ketones (excluding diaryl/α,β-unsaturated/α-hetero) is 1. The number of carbonyl (C=O) groups excluding carboxylic acids is 1. The van der Waals surface area contributed by atoms with Crippen LogP contribution in [-0.4, -0.2) is 18.5 Å². The number of hydrogen-bond donors (Lipinski definition) is 0. The van der Waals surface area contributed by atoms with Crippen molar-refractivity contribution in [2.75, 3.05) is 6.61 Å².